The summed E-state index contributed by atoms with van der Waals surface area (Å²) in [6.45, 7) is 6.01. The van der Waals surface area contributed by atoms with Crippen LogP contribution in [0.15, 0.2) is 35.7 Å². The molecule has 0 saturated heterocycles. The third kappa shape index (κ3) is 2.56. The van der Waals surface area contributed by atoms with Gasteiger partial charge in [-0.3, -0.25) is 0 Å². The topological polar surface area (TPSA) is 0 Å². The van der Waals surface area contributed by atoms with Gasteiger partial charge >= 0.3 is 0 Å². The second-order valence-corrected chi connectivity index (χ2v) is 4.76. The molecule has 1 aromatic rings. The lowest BCUT2D eigenvalue weighted by Crippen LogP contribution is -1.81. The third-order valence-corrected chi connectivity index (χ3v) is 3.80. The average Bonchev–Trinajstić information content (AvgIpc) is 2.18. The van der Waals surface area contributed by atoms with Gasteiger partial charge in [0.2, 0.25) is 0 Å². The van der Waals surface area contributed by atoms with Crippen LogP contribution >= 0.6 is 10.5 Å². The summed E-state index contributed by atoms with van der Waals surface area (Å²) >= 11 is 0. The molecule has 0 aliphatic carbocycles. The molecule has 1 unspecified atom stereocenters. The Bertz CT molecular complexity index is 324. The molecule has 0 radical (unpaired) electrons. The van der Waals surface area contributed by atoms with Crippen LogP contribution in [0.2, 0.25) is 0 Å². The molecule has 1 atom stereocenters. The number of benzene rings is 1. The van der Waals surface area contributed by atoms with Crippen LogP contribution in [-0.4, -0.2) is 11.6 Å². The molecule has 0 aromatic heterocycles. The third-order valence-electron chi connectivity index (χ3n) is 1.90. The van der Waals surface area contributed by atoms with E-state index < -0.39 is 0 Å². The Kier molecular flexibility index (Phi) is 3.97. The van der Waals surface area contributed by atoms with Crippen molar-refractivity contribution >= 4 is 21.9 Å². The molecule has 0 spiro atoms. The summed E-state index contributed by atoms with van der Waals surface area (Å²) in [6, 6.07) is 8.46. The first kappa shape index (κ1) is 10.3. The van der Waals surface area contributed by atoms with E-state index in [1.54, 1.807) is 0 Å². The summed E-state index contributed by atoms with van der Waals surface area (Å²) in [4.78, 5) is 1.40. The Morgan fingerprint density at radius 1 is 1.38 bits per heavy atom. The molecular formula is C12H16S. The first-order valence-electron chi connectivity index (χ1n) is 4.49. The van der Waals surface area contributed by atoms with E-state index in [9.17, 15) is 0 Å². The fourth-order valence-electron chi connectivity index (χ4n) is 1.28. The molecule has 0 aliphatic heterocycles. The molecule has 1 aromatic carbocycles. The van der Waals surface area contributed by atoms with Crippen molar-refractivity contribution in [2.24, 2.45) is 0 Å². The van der Waals surface area contributed by atoms with Gasteiger partial charge in [-0.1, -0.05) is 43.1 Å². The molecule has 1 heteroatoms. The van der Waals surface area contributed by atoms with Crippen LogP contribution in [-0.2, 0) is 0 Å². The molecule has 0 saturated carbocycles. The fraction of sp³-hybridized carbons (Fsp3) is 0.250. The smallest absolute Gasteiger partial charge is 0.00836 e. The van der Waals surface area contributed by atoms with Crippen LogP contribution < -0.4 is 0 Å². The largest absolute Gasteiger partial charge is 0.161 e. The van der Waals surface area contributed by atoms with Crippen molar-refractivity contribution in [1.29, 1.82) is 0 Å². The van der Waals surface area contributed by atoms with Crippen LogP contribution in [0.25, 0.3) is 6.08 Å². The highest BCUT2D eigenvalue weighted by Gasteiger charge is 1.97. The fourth-order valence-corrected chi connectivity index (χ4v) is 2.78. The predicted molar refractivity (Wildman–Crippen MR) is 64.7 cm³/mol. The van der Waals surface area contributed by atoms with Crippen LogP contribution in [0.5, 0.6) is 0 Å². The van der Waals surface area contributed by atoms with Crippen LogP contribution in [0, 0.1) is 0 Å². The highest BCUT2D eigenvalue weighted by atomic mass is 32.2. The van der Waals surface area contributed by atoms with E-state index in [1.807, 2.05) is 6.08 Å². The summed E-state index contributed by atoms with van der Waals surface area (Å²) in [5, 5.41) is 2.35. The molecule has 0 nitrogen and oxygen atoms in total. The summed E-state index contributed by atoms with van der Waals surface area (Å²) in [7, 11) is 0.259. The Morgan fingerprint density at radius 2 is 2.08 bits per heavy atom. The van der Waals surface area contributed by atoms with E-state index in [2.05, 4.69) is 49.4 Å². The van der Waals surface area contributed by atoms with Gasteiger partial charge < -0.3 is 0 Å². The van der Waals surface area contributed by atoms with Crippen LogP contribution in [0.3, 0.4) is 0 Å². The van der Waals surface area contributed by atoms with Crippen molar-refractivity contribution in [2.45, 2.75) is 18.2 Å². The molecule has 1 rings (SSSR count). The van der Waals surface area contributed by atoms with E-state index in [1.165, 1.54) is 10.5 Å². The SMILES string of the molecule is C=Cc1ccccc1S(C)=CCC. The zero-order valence-electron chi connectivity index (χ0n) is 8.29. The normalized spacial score (nSPS) is 12.8. The monoisotopic (exact) mass is 192 g/mol. The highest BCUT2D eigenvalue weighted by Crippen LogP contribution is 2.26. The van der Waals surface area contributed by atoms with Gasteiger partial charge in [-0.25, -0.2) is 0 Å². The molecule has 0 aliphatic rings. The van der Waals surface area contributed by atoms with Crippen molar-refractivity contribution in [3.8, 4) is 0 Å². The van der Waals surface area contributed by atoms with E-state index in [4.69, 9.17) is 0 Å². The van der Waals surface area contributed by atoms with Gasteiger partial charge in [0.05, 0.1) is 0 Å². The molecule has 0 fully saturated rings. The van der Waals surface area contributed by atoms with Gasteiger partial charge in [-0.05, 0) is 24.3 Å². The van der Waals surface area contributed by atoms with Gasteiger partial charge in [0, 0.05) is 4.90 Å². The maximum Gasteiger partial charge on any atom is 0.00836 e. The van der Waals surface area contributed by atoms with Crippen molar-refractivity contribution in [1.82, 2.24) is 0 Å². The maximum absolute atomic E-state index is 3.82. The van der Waals surface area contributed by atoms with Crippen LogP contribution in [0.1, 0.15) is 18.9 Å². The molecule has 0 N–H and O–H groups in total. The van der Waals surface area contributed by atoms with Gasteiger partial charge in [0.1, 0.15) is 0 Å². The molecule has 70 valence electrons. The minimum atomic E-state index is 0.259. The average molecular weight is 192 g/mol. The zero-order valence-corrected chi connectivity index (χ0v) is 9.10. The highest BCUT2D eigenvalue weighted by molar-refractivity contribution is 8.14. The van der Waals surface area contributed by atoms with Gasteiger partial charge in [0.25, 0.3) is 0 Å². The summed E-state index contributed by atoms with van der Waals surface area (Å²) in [6.07, 6.45) is 5.32. The number of rotatable bonds is 3. The lowest BCUT2D eigenvalue weighted by atomic mass is 10.2. The summed E-state index contributed by atoms with van der Waals surface area (Å²) in [5.74, 6) is 0. The Balaban J connectivity index is 3.12. The number of hydrogen-bond acceptors (Lipinski definition) is 0. The first-order chi connectivity index (χ1) is 6.29. The minimum Gasteiger partial charge on any atom is -0.161 e. The van der Waals surface area contributed by atoms with Crippen molar-refractivity contribution in [3.63, 3.8) is 0 Å². The van der Waals surface area contributed by atoms with Crippen molar-refractivity contribution in [2.75, 3.05) is 6.26 Å². The first-order valence-corrected chi connectivity index (χ1v) is 6.18. The maximum atomic E-state index is 3.82. The summed E-state index contributed by atoms with van der Waals surface area (Å²) in [5.41, 5.74) is 1.26. The second-order valence-electron chi connectivity index (χ2n) is 2.87. The van der Waals surface area contributed by atoms with Crippen molar-refractivity contribution < 1.29 is 0 Å². The Labute approximate surface area is 83.2 Å². The Morgan fingerprint density at radius 3 is 2.69 bits per heavy atom. The van der Waals surface area contributed by atoms with Gasteiger partial charge in [-0.15, -0.1) is 0 Å². The number of hydrogen-bond donors (Lipinski definition) is 0. The van der Waals surface area contributed by atoms with Crippen LogP contribution in [0.4, 0.5) is 0 Å². The van der Waals surface area contributed by atoms with Gasteiger partial charge in [0.15, 0.2) is 0 Å². The van der Waals surface area contributed by atoms with E-state index in [0.717, 1.165) is 6.42 Å². The quantitative estimate of drug-likeness (QED) is 0.639. The molecular weight excluding hydrogens is 176 g/mol. The molecule has 13 heavy (non-hydrogen) atoms. The standard InChI is InChI=1S/C12H16S/c1-4-10-13(3)12-9-7-6-8-11(12)5-2/h5-10H,2,4H2,1,3H3. The van der Waals surface area contributed by atoms with E-state index in [0.29, 0.717) is 0 Å². The van der Waals surface area contributed by atoms with E-state index >= 15 is 0 Å². The molecule has 0 amide bonds. The van der Waals surface area contributed by atoms with Crippen molar-refractivity contribution in [3.05, 3.63) is 36.4 Å². The molecule has 0 bridgehead atoms. The lowest BCUT2D eigenvalue weighted by Gasteiger charge is -2.06. The lowest BCUT2D eigenvalue weighted by molar-refractivity contribution is 1.35. The predicted octanol–water partition coefficient (Wildman–Crippen LogP) is 3.80. The Hall–Kier alpha value is -0.820. The molecule has 0 heterocycles. The van der Waals surface area contributed by atoms with E-state index in [-0.39, 0.29) is 10.5 Å². The zero-order chi connectivity index (χ0) is 9.68. The summed E-state index contributed by atoms with van der Waals surface area (Å²) < 4.78 is 0. The van der Waals surface area contributed by atoms with Gasteiger partial charge in [-0.2, -0.15) is 10.5 Å². The second kappa shape index (κ2) is 5.03. The minimum absolute atomic E-state index is 0.259.